The zero-order chi connectivity index (χ0) is 19.3. The Hall–Kier alpha value is -3.93. The summed E-state index contributed by atoms with van der Waals surface area (Å²) >= 11 is 0. The summed E-state index contributed by atoms with van der Waals surface area (Å²) in [5.74, 6) is -0.442. The number of pyridine rings is 1. The minimum atomic E-state index is -0.442. The van der Waals surface area contributed by atoms with Gasteiger partial charge in [-0.1, -0.05) is 18.2 Å². The van der Waals surface area contributed by atoms with Crippen LogP contribution in [0.15, 0.2) is 67.3 Å². The van der Waals surface area contributed by atoms with Crippen LogP contribution in [0.2, 0.25) is 0 Å². The summed E-state index contributed by atoms with van der Waals surface area (Å²) in [4.78, 5) is 23.7. The van der Waals surface area contributed by atoms with Crippen LogP contribution in [0.1, 0.15) is 10.4 Å². The van der Waals surface area contributed by atoms with Gasteiger partial charge in [0.2, 0.25) is 5.91 Å². The Bertz CT molecular complexity index is 1360. The Morgan fingerprint density at radius 1 is 1.04 bits per heavy atom. The average Bonchev–Trinajstić information content (AvgIpc) is 3.31. The van der Waals surface area contributed by atoms with E-state index >= 15 is 0 Å². The lowest BCUT2D eigenvalue weighted by Gasteiger charge is -2.05. The van der Waals surface area contributed by atoms with Crippen molar-refractivity contribution in [2.24, 2.45) is 12.8 Å². The van der Waals surface area contributed by atoms with Crippen LogP contribution >= 0.6 is 0 Å². The van der Waals surface area contributed by atoms with Gasteiger partial charge in [-0.05, 0) is 41.5 Å². The van der Waals surface area contributed by atoms with Crippen molar-refractivity contribution in [2.45, 2.75) is 0 Å². The van der Waals surface area contributed by atoms with Crippen LogP contribution in [-0.2, 0) is 7.05 Å². The molecule has 3 heterocycles. The Morgan fingerprint density at radius 3 is 2.79 bits per heavy atom. The number of aromatic amines is 1. The number of nitrogens with zero attached hydrogens (tertiary/aromatic N) is 3. The summed E-state index contributed by atoms with van der Waals surface area (Å²) in [7, 11) is 1.99. The van der Waals surface area contributed by atoms with Crippen molar-refractivity contribution in [1.29, 1.82) is 0 Å². The number of rotatable bonds is 3. The van der Waals surface area contributed by atoms with Crippen molar-refractivity contribution in [3.05, 3.63) is 72.8 Å². The molecule has 6 heteroatoms. The second kappa shape index (κ2) is 6.06. The molecular formula is C22H17N5O. The lowest BCUT2D eigenvalue weighted by atomic mass is 10.0. The van der Waals surface area contributed by atoms with Gasteiger partial charge in [0.25, 0.3) is 0 Å². The molecule has 0 aliphatic rings. The number of carbonyl (C=O) groups is 1. The predicted molar refractivity (Wildman–Crippen MR) is 110 cm³/mol. The number of amides is 1. The average molecular weight is 367 g/mol. The molecule has 136 valence electrons. The van der Waals surface area contributed by atoms with Gasteiger partial charge in [0.15, 0.2) is 0 Å². The summed E-state index contributed by atoms with van der Waals surface area (Å²) in [6, 6.07) is 15.6. The first-order valence-corrected chi connectivity index (χ1v) is 8.89. The van der Waals surface area contributed by atoms with Crippen LogP contribution in [-0.4, -0.2) is 25.4 Å². The van der Waals surface area contributed by atoms with Crippen LogP contribution in [0.5, 0.6) is 0 Å². The number of fused-ring (bicyclic) bond motifs is 2. The van der Waals surface area contributed by atoms with E-state index in [4.69, 9.17) is 5.73 Å². The highest BCUT2D eigenvalue weighted by Crippen LogP contribution is 2.32. The van der Waals surface area contributed by atoms with E-state index in [0.29, 0.717) is 5.56 Å². The summed E-state index contributed by atoms with van der Waals surface area (Å²) < 4.78 is 2.01. The zero-order valence-corrected chi connectivity index (χ0v) is 15.2. The van der Waals surface area contributed by atoms with E-state index in [-0.39, 0.29) is 0 Å². The molecular weight excluding hydrogens is 350 g/mol. The van der Waals surface area contributed by atoms with E-state index in [0.717, 1.165) is 44.3 Å². The number of benzene rings is 2. The van der Waals surface area contributed by atoms with Gasteiger partial charge >= 0.3 is 0 Å². The fourth-order valence-corrected chi connectivity index (χ4v) is 3.55. The van der Waals surface area contributed by atoms with Gasteiger partial charge in [-0.25, -0.2) is 9.97 Å². The Labute approximate surface area is 160 Å². The molecule has 6 nitrogen and oxygen atoms in total. The van der Waals surface area contributed by atoms with Gasteiger partial charge < -0.3 is 15.3 Å². The lowest BCUT2D eigenvalue weighted by molar-refractivity contribution is 0.100. The summed E-state index contributed by atoms with van der Waals surface area (Å²) in [5.41, 5.74) is 12.7. The second-order valence-electron chi connectivity index (χ2n) is 6.83. The number of nitrogens with two attached hydrogens (primary N) is 1. The number of aromatic nitrogens is 4. The van der Waals surface area contributed by atoms with Crippen LogP contribution < -0.4 is 5.73 Å². The molecule has 0 spiro atoms. The van der Waals surface area contributed by atoms with E-state index in [1.54, 1.807) is 18.3 Å². The Kier molecular flexibility index (Phi) is 3.52. The van der Waals surface area contributed by atoms with E-state index in [1.165, 1.54) is 0 Å². The molecule has 5 rings (SSSR count). The topological polar surface area (TPSA) is 89.6 Å². The van der Waals surface area contributed by atoms with E-state index in [2.05, 4.69) is 33.2 Å². The zero-order valence-electron chi connectivity index (χ0n) is 15.2. The standard InChI is InChI=1S/C22H17N5O/c1-27-12-26-19-6-5-14(9-20(19)27)18-11-25-22-17(18)8-16(10-24-22)13-3-2-4-15(7-13)21(23)28/h2-12H,1H3,(H2,23,28)(H,24,25). The summed E-state index contributed by atoms with van der Waals surface area (Å²) in [5, 5.41) is 1.02. The highest BCUT2D eigenvalue weighted by Gasteiger charge is 2.11. The molecule has 0 bridgehead atoms. The minimum absolute atomic E-state index is 0.442. The quantitative estimate of drug-likeness (QED) is 0.507. The smallest absolute Gasteiger partial charge is 0.248 e. The van der Waals surface area contributed by atoms with Crippen LogP contribution in [0.25, 0.3) is 44.3 Å². The van der Waals surface area contributed by atoms with Crippen LogP contribution in [0.3, 0.4) is 0 Å². The van der Waals surface area contributed by atoms with Gasteiger partial charge in [0.05, 0.1) is 17.4 Å². The fraction of sp³-hybridized carbons (Fsp3) is 0.0455. The number of aryl methyl sites for hydroxylation is 1. The van der Waals surface area contributed by atoms with Crippen molar-refractivity contribution in [3.63, 3.8) is 0 Å². The molecule has 0 unspecified atom stereocenters. The number of nitrogens with one attached hydrogen (secondary N) is 1. The number of imidazole rings is 1. The first kappa shape index (κ1) is 16.3. The minimum Gasteiger partial charge on any atom is -0.366 e. The maximum atomic E-state index is 11.5. The van der Waals surface area contributed by atoms with E-state index < -0.39 is 5.91 Å². The maximum absolute atomic E-state index is 11.5. The molecule has 0 saturated heterocycles. The highest BCUT2D eigenvalue weighted by molar-refractivity contribution is 5.98. The summed E-state index contributed by atoms with van der Waals surface area (Å²) in [6.45, 7) is 0. The predicted octanol–water partition coefficient (Wildman–Crippen LogP) is 3.88. The van der Waals surface area contributed by atoms with Crippen molar-refractivity contribution >= 4 is 28.0 Å². The normalized spacial score (nSPS) is 11.3. The lowest BCUT2D eigenvalue weighted by Crippen LogP contribution is -2.10. The highest BCUT2D eigenvalue weighted by atomic mass is 16.1. The molecule has 1 amide bonds. The Balaban J connectivity index is 1.66. The number of carbonyl (C=O) groups excluding carboxylic acids is 1. The van der Waals surface area contributed by atoms with Gasteiger partial charge in [0.1, 0.15) is 5.65 Å². The van der Waals surface area contributed by atoms with Crippen molar-refractivity contribution < 1.29 is 4.79 Å². The molecule has 3 aromatic heterocycles. The molecule has 0 radical (unpaired) electrons. The third-order valence-corrected chi connectivity index (χ3v) is 5.05. The van der Waals surface area contributed by atoms with Gasteiger partial charge in [0, 0.05) is 41.5 Å². The SMILES string of the molecule is Cn1cnc2ccc(-c3c[nH]c4ncc(-c5cccc(C(N)=O)c5)cc34)cc21. The van der Waals surface area contributed by atoms with E-state index in [1.807, 2.05) is 42.3 Å². The number of H-pyrrole nitrogens is 1. The van der Waals surface area contributed by atoms with Crippen LogP contribution in [0, 0.1) is 0 Å². The molecule has 0 saturated carbocycles. The Morgan fingerprint density at radius 2 is 1.93 bits per heavy atom. The molecule has 28 heavy (non-hydrogen) atoms. The van der Waals surface area contributed by atoms with Gasteiger partial charge in [-0.15, -0.1) is 0 Å². The van der Waals surface area contributed by atoms with Gasteiger partial charge in [-0.2, -0.15) is 0 Å². The summed E-state index contributed by atoms with van der Waals surface area (Å²) in [6.07, 6.45) is 5.58. The molecule has 0 fully saturated rings. The largest absolute Gasteiger partial charge is 0.366 e. The molecule has 0 atom stereocenters. The molecule has 3 N–H and O–H groups in total. The second-order valence-corrected chi connectivity index (χ2v) is 6.83. The third-order valence-electron chi connectivity index (χ3n) is 5.05. The van der Waals surface area contributed by atoms with Crippen molar-refractivity contribution in [3.8, 4) is 22.3 Å². The molecule has 2 aromatic carbocycles. The monoisotopic (exact) mass is 367 g/mol. The number of hydrogen-bond acceptors (Lipinski definition) is 3. The first-order valence-electron chi connectivity index (χ1n) is 8.89. The fourth-order valence-electron chi connectivity index (χ4n) is 3.55. The number of primary amides is 1. The van der Waals surface area contributed by atoms with E-state index in [9.17, 15) is 4.79 Å². The van der Waals surface area contributed by atoms with Crippen molar-refractivity contribution in [1.82, 2.24) is 19.5 Å². The molecule has 5 aromatic rings. The van der Waals surface area contributed by atoms with Crippen molar-refractivity contribution in [2.75, 3.05) is 0 Å². The first-order chi connectivity index (χ1) is 13.6. The number of hydrogen-bond donors (Lipinski definition) is 2. The van der Waals surface area contributed by atoms with Gasteiger partial charge in [-0.3, -0.25) is 4.79 Å². The third kappa shape index (κ3) is 2.54. The van der Waals surface area contributed by atoms with Crippen LogP contribution in [0.4, 0.5) is 0 Å². The molecule has 0 aliphatic heterocycles. The maximum Gasteiger partial charge on any atom is 0.248 e. The molecule has 0 aliphatic carbocycles.